The number of amides is 2. The fraction of sp³-hybridized carbons (Fsp3) is 0.407. The Morgan fingerprint density at radius 3 is 2.11 bits per heavy atom. The van der Waals surface area contributed by atoms with E-state index in [-0.39, 0.29) is 11.8 Å². The second kappa shape index (κ2) is 12.7. The Balaban J connectivity index is 1.59. The van der Waals surface area contributed by atoms with Crippen molar-refractivity contribution in [3.05, 3.63) is 53.6 Å². The number of hydrogen-bond donors (Lipinski definition) is 0. The summed E-state index contributed by atoms with van der Waals surface area (Å²) in [7, 11) is 3.10. The number of ether oxygens (including phenoxy) is 4. The first kappa shape index (κ1) is 25.9. The van der Waals surface area contributed by atoms with Gasteiger partial charge in [0.15, 0.2) is 11.5 Å². The predicted molar refractivity (Wildman–Crippen MR) is 134 cm³/mol. The van der Waals surface area contributed by atoms with Crippen LogP contribution in [0.15, 0.2) is 42.5 Å². The monoisotopic (exact) mass is 482 g/mol. The molecule has 0 radical (unpaired) electrons. The van der Waals surface area contributed by atoms with Crippen molar-refractivity contribution in [1.29, 1.82) is 0 Å². The highest BCUT2D eigenvalue weighted by atomic mass is 16.5. The molecular weight excluding hydrogens is 448 g/mol. The molecule has 1 fully saturated rings. The van der Waals surface area contributed by atoms with Gasteiger partial charge >= 0.3 is 0 Å². The fourth-order valence-corrected chi connectivity index (χ4v) is 3.74. The van der Waals surface area contributed by atoms with Crippen LogP contribution >= 0.6 is 0 Å². The SMILES string of the molecule is CCCOc1ccc(/C=C/C(=O)N2CCN(C(=O)c3cc(OC)cc(OC)c3)CC2)cc1OCC. The molecule has 0 spiro atoms. The Bertz CT molecular complexity index is 1020. The van der Waals surface area contributed by atoms with Crippen LogP contribution in [0.2, 0.25) is 0 Å². The van der Waals surface area contributed by atoms with Crippen molar-refractivity contribution in [2.24, 2.45) is 0 Å². The molecule has 0 bridgehead atoms. The van der Waals surface area contributed by atoms with Gasteiger partial charge in [0.05, 0.1) is 27.4 Å². The highest BCUT2D eigenvalue weighted by molar-refractivity contribution is 5.96. The van der Waals surface area contributed by atoms with E-state index in [1.54, 1.807) is 54.4 Å². The Morgan fingerprint density at radius 1 is 0.857 bits per heavy atom. The van der Waals surface area contributed by atoms with Gasteiger partial charge in [-0.2, -0.15) is 0 Å². The van der Waals surface area contributed by atoms with Crippen molar-refractivity contribution in [1.82, 2.24) is 9.80 Å². The van der Waals surface area contributed by atoms with Crippen LogP contribution in [-0.2, 0) is 4.79 Å². The number of rotatable bonds is 10. The minimum Gasteiger partial charge on any atom is -0.497 e. The molecule has 2 aromatic carbocycles. The number of piperazine rings is 1. The number of methoxy groups -OCH3 is 2. The van der Waals surface area contributed by atoms with Gasteiger partial charge in [-0.15, -0.1) is 0 Å². The molecule has 0 N–H and O–H groups in total. The lowest BCUT2D eigenvalue weighted by Crippen LogP contribution is -2.50. The van der Waals surface area contributed by atoms with E-state index in [9.17, 15) is 9.59 Å². The third kappa shape index (κ3) is 6.91. The van der Waals surface area contributed by atoms with E-state index in [0.717, 1.165) is 12.0 Å². The lowest BCUT2D eigenvalue weighted by Gasteiger charge is -2.34. The number of hydrogen-bond acceptors (Lipinski definition) is 6. The van der Waals surface area contributed by atoms with Crippen LogP contribution in [0.5, 0.6) is 23.0 Å². The number of carbonyl (C=O) groups excluding carboxylic acids is 2. The summed E-state index contributed by atoms with van der Waals surface area (Å²) in [6.07, 6.45) is 4.24. The van der Waals surface area contributed by atoms with Crippen molar-refractivity contribution in [3.8, 4) is 23.0 Å². The van der Waals surface area contributed by atoms with Crippen LogP contribution in [-0.4, -0.2) is 75.2 Å². The summed E-state index contributed by atoms with van der Waals surface area (Å²) in [6.45, 7) is 6.95. The zero-order chi connectivity index (χ0) is 25.2. The summed E-state index contributed by atoms with van der Waals surface area (Å²) >= 11 is 0. The first-order valence-electron chi connectivity index (χ1n) is 11.9. The first-order valence-corrected chi connectivity index (χ1v) is 11.9. The molecule has 0 aliphatic carbocycles. The Labute approximate surface area is 207 Å². The van der Waals surface area contributed by atoms with Crippen molar-refractivity contribution in [2.45, 2.75) is 20.3 Å². The normalized spacial score (nSPS) is 13.6. The quantitative estimate of drug-likeness (QED) is 0.478. The van der Waals surface area contributed by atoms with Crippen molar-refractivity contribution >= 4 is 17.9 Å². The van der Waals surface area contributed by atoms with Crippen LogP contribution < -0.4 is 18.9 Å². The summed E-state index contributed by atoms with van der Waals surface area (Å²) in [5, 5.41) is 0. The summed E-state index contributed by atoms with van der Waals surface area (Å²) < 4.78 is 22.0. The lowest BCUT2D eigenvalue weighted by atomic mass is 10.1. The fourth-order valence-electron chi connectivity index (χ4n) is 3.74. The van der Waals surface area contributed by atoms with E-state index in [4.69, 9.17) is 18.9 Å². The Hall–Kier alpha value is -3.68. The molecule has 8 nitrogen and oxygen atoms in total. The molecular formula is C27H34N2O6. The lowest BCUT2D eigenvalue weighted by molar-refractivity contribution is -0.127. The van der Waals surface area contributed by atoms with E-state index < -0.39 is 0 Å². The third-order valence-electron chi connectivity index (χ3n) is 5.62. The molecule has 0 atom stereocenters. The summed E-state index contributed by atoms with van der Waals surface area (Å²) in [5.74, 6) is 2.28. The zero-order valence-electron chi connectivity index (χ0n) is 20.9. The van der Waals surface area contributed by atoms with Gasteiger partial charge in [0, 0.05) is 43.9 Å². The summed E-state index contributed by atoms with van der Waals surface area (Å²) in [4.78, 5) is 29.2. The molecule has 3 rings (SSSR count). The van der Waals surface area contributed by atoms with Crippen molar-refractivity contribution in [3.63, 3.8) is 0 Å². The topological polar surface area (TPSA) is 77.5 Å². The average Bonchev–Trinajstić information content (AvgIpc) is 2.90. The molecule has 35 heavy (non-hydrogen) atoms. The second-order valence-corrected chi connectivity index (χ2v) is 8.04. The molecule has 2 amide bonds. The molecule has 1 saturated heterocycles. The first-order chi connectivity index (χ1) is 17.0. The van der Waals surface area contributed by atoms with Crippen molar-refractivity contribution in [2.75, 3.05) is 53.6 Å². The van der Waals surface area contributed by atoms with E-state index in [1.807, 2.05) is 25.1 Å². The highest BCUT2D eigenvalue weighted by Crippen LogP contribution is 2.29. The molecule has 8 heteroatoms. The smallest absolute Gasteiger partial charge is 0.254 e. The van der Waals surface area contributed by atoms with Gasteiger partial charge < -0.3 is 28.7 Å². The number of carbonyl (C=O) groups is 2. The predicted octanol–water partition coefficient (Wildman–Crippen LogP) is 3.89. The van der Waals surface area contributed by atoms with Gasteiger partial charge in [0.25, 0.3) is 5.91 Å². The largest absolute Gasteiger partial charge is 0.497 e. The number of benzene rings is 2. The van der Waals surface area contributed by atoms with Crippen LogP contribution in [0.4, 0.5) is 0 Å². The summed E-state index contributed by atoms with van der Waals surface area (Å²) in [6, 6.07) is 10.7. The molecule has 0 aromatic heterocycles. The molecule has 0 unspecified atom stereocenters. The van der Waals surface area contributed by atoms with Crippen LogP contribution in [0, 0.1) is 0 Å². The average molecular weight is 483 g/mol. The molecule has 1 aliphatic heterocycles. The van der Waals surface area contributed by atoms with Crippen molar-refractivity contribution < 1.29 is 28.5 Å². The van der Waals surface area contributed by atoms with Gasteiger partial charge in [-0.1, -0.05) is 13.0 Å². The second-order valence-electron chi connectivity index (χ2n) is 8.04. The maximum atomic E-state index is 13.0. The van der Waals surface area contributed by atoms with Gasteiger partial charge in [0.2, 0.25) is 5.91 Å². The van der Waals surface area contributed by atoms with Gasteiger partial charge in [-0.3, -0.25) is 9.59 Å². The van der Waals surface area contributed by atoms with E-state index >= 15 is 0 Å². The minimum absolute atomic E-state index is 0.0931. The van der Waals surface area contributed by atoms with Crippen LogP contribution in [0.25, 0.3) is 6.08 Å². The third-order valence-corrected chi connectivity index (χ3v) is 5.62. The highest BCUT2D eigenvalue weighted by Gasteiger charge is 2.24. The molecule has 0 saturated carbocycles. The van der Waals surface area contributed by atoms with Gasteiger partial charge in [-0.05, 0) is 49.2 Å². The zero-order valence-corrected chi connectivity index (χ0v) is 20.9. The summed E-state index contributed by atoms with van der Waals surface area (Å²) in [5.41, 5.74) is 1.35. The van der Waals surface area contributed by atoms with E-state index in [2.05, 4.69) is 6.92 Å². The van der Waals surface area contributed by atoms with E-state index in [1.165, 1.54) is 0 Å². The number of nitrogens with zero attached hydrogens (tertiary/aromatic N) is 2. The minimum atomic E-state index is -0.112. The maximum absolute atomic E-state index is 13.0. The molecule has 1 heterocycles. The van der Waals surface area contributed by atoms with E-state index in [0.29, 0.717) is 68.0 Å². The molecule has 1 aliphatic rings. The van der Waals surface area contributed by atoms with Gasteiger partial charge in [-0.25, -0.2) is 0 Å². The Morgan fingerprint density at radius 2 is 1.51 bits per heavy atom. The van der Waals surface area contributed by atoms with Crippen LogP contribution in [0.1, 0.15) is 36.2 Å². The molecule has 2 aromatic rings. The Kier molecular flexibility index (Phi) is 9.40. The van der Waals surface area contributed by atoms with Gasteiger partial charge in [0.1, 0.15) is 11.5 Å². The maximum Gasteiger partial charge on any atom is 0.254 e. The standard InChI is InChI=1S/C27H34N2O6/c1-5-15-35-24-9-7-20(16-25(24)34-6-2)8-10-26(30)28-11-13-29(14-12-28)27(31)21-17-22(32-3)19-23(18-21)33-4/h7-10,16-19H,5-6,11-15H2,1-4H3/b10-8+. The molecule has 188 valence electrons. The van der Waals surface area contributed by atoms with Crippen LogP contribution in [0.3, 0.4) is 0 Å².